The fraction of sp³-hybridized carbons (Fsp3) is 0.267. The van der Waals surface area contributed by atoms with Crippen molar-refractivity contribution >= 4 is 45.9 Å². The van der Waals surface area contributed by atoms with Crippen molar-refractivity contribution in [1.29, 1.82) is 0 Å². The minimum atomic E-state index is -4.53. The Kier molecular flexibility index (Phi) is 7.36. The molecule has 0 unspecified atom stereocenters. The first-order valence-electron chi connectivity index (χ1n) is 13.4. The highest BCUT2D eigenvalue weighted by molar-refractivity contribution is 8.00. The van der Waals surface area contributed by atoms with Gasteiger partial charge in [-0.25, -0.2) is 9.38 Å². The number of pyridine rings is 1. The summed E-state index contributed by atoms with van der Waals surface area (Å²) in [5.74, 6) is -0.0590. The molecular formula is C30H29F4N7S. The van der Waals surface area contributed by atoms with E-state index in [1.54, 1.807) is 24.4 Å². The molecule has 3 aromatic rings. The maximum atomic E-state index is 14.7. The van der Waals surface area contributed by atoms with E-state index < -0.39 is 5.51 Å². The Labute approximate surface area is 244 Å². The first kappa shape index (κ1) is 28.1. The van der Waals surface area contributed by atoms with E-state index in [2.05, 4.69) is 39.1 Å². The monoisotopic (exact) mass is 595 g/mol. The van der Waals surface area contributed by atoms with Crippen molar-refractivity contribution in [1.82, 2.24) is 14.6 Å². The number of allylic oxidation sites excluding steroid dienone is 1. The van der Waals surface area contributed by atoms with Gasteiger partial charge in [-0.15, -0.1) is 0 Å². The quantitative estimate of drug-likeness (QED) is 0.207. The number of thioether (sulfide) groups is 1. The van der Waals surface area contributed by atoms with Crippen molar-refractivity contribution in [2.75, 3.05) is 43.9 Å². The molecule has 3 aliphatic heterocycles. The molecule has 6 rings (SSSR count). The zero-order chi connectivity index (χ0) is 29.6. The largest absolute Gasteiger partial charge is 0.447 e. The van der Waals surface area contributed by atoms with E-state index in [-0.39, 0.29) is 47.1 Å². The van der Waals surface area contributed by atoms with Crippen LogP contribution in [0, 0.1) is 0 Å². The molecule has 0 spiro atoms. The van der Waals surface area contributed by atoms with Crippen LogP contribution in [0.25, 0.3) is 11.2 Å². The number of nitrogens with one attached hydrogen (secondary N) is 3. The molecule has 0 saturated heterocycles. The minimum absolute atomic E-state index is 0.0488. The van der Waals surface area contributed by atoms with Crippen molar-refractivity contribution in [3.8, 4) is 0 Å². The number of aromatic nitrogens is 1. The van der Waals surface area contributed by atoms with Crippen LogP contribution in [0.1, 0.15) is 23.1 Å². The molecule has 0 bridgehead atoms. The molecule has 7 nitrogen and oxygen atoms in total. The third-order valence-electron chi connectivity index (χ3n) is 7.34. The molecule has 0 radical (unpaired) electrons. The van der Waals surface area contributed by atoms with Gasteiger partial charge in [0.05, 0.1) is 47.1 Å². The molecule has 3 aliphatic rings. The van der Waals surface area contributed by atoms with Gasteiger partial charge in [0, 0.05) is 60.1 Å². The van der Waals surface area contributed by atoms with Crippen LogP contribution >= 0.6 is 11.8 Å². The number of nitrogens with zero attached hydrogens (tertiary/aromatic N) is 4. The van der Waals surface area contributed by atoms with E-state index in [1.165, 1.54) is 9.96 Å². The number of fused-ring (bicyclic) bond motifs is 2. The lowest BCUT2D eigenvalue weighted by Gasteiger charge is -2.24. The smallest absolute Gasteiger partial charge is 0.380 e. The van der Waals surface area contributed by atoms with Gasteiger partial charge in [-0.2, -0.15) is 13.2 Å². The summed E-state index contributed by atoms with van der Waals surface area (Å²) in [6, 6.07) is 11.0. The van der Waals surface area contributed by atoms with Gasteiger partial charge in [0.15, 0.2) is 5.84 Å². The van der Waals surface area contributed by atoms with Crippen LogP contribution in [-0.4, -0.2) is 59.6 Å². The zero-order valence-corrected chi connectivity index (χ0v) is 23.7. The molecule has 5 heterocycles. The molecule has 0 atom stereocenters. The van der Waals surface area contributed by atoms with Gasteiger partial charge in [-0.05, 0) is 42.4 Å². The molecule has 0 fully saturated rings. The molecule has 42 heavy (non-hydrogen) atoms. The van der Waals surface area contributed by atoms with Crippen LogP contribution in [0.2, 0.25) is 0 Å². The average Bonchev–Trinajstić information content (AvgIpc) is 3.64. The molecular weight excluding hydrogens is 566 g/mol. The molecule has 3 N–H and O–H groups in total. The number of rotatable bonds is 8. The first-order valence-corrected chi connectivity index (χ1v) is 14.2. The van der Waals surface area contributed by atoms with Crippen molar-refractivity contribution in [3.63, 3.8) is 0 Å². The summed E-state index contributed by atoms with van der Waals surface area (Å²) in [6.07, 6.45) is 2.82. The van der Waals surface area contributed by atoms with Gasteiger partial charge in [-0.3, -0.25) is 9.89 Å². The third kappa shape index (κ3) is 5.82. The summed E-state index contributed by atoms with van der Waals surface area (Å²) in [4.78, 5) is 10.9. The molecule has 1 aromatic carbocycles. The summed E-state index contributed by atoms with van der Waals surface area (Å²) in [5, 5.41) is 9.60. The highest BCUT2D eigenvalue weighted by Crippen LogP contribution is 2.42. The van der Waals surface area contributed by atoms with Crippen molar-refractivity contribution in [3.05, 3.63) is 89.7 Å². The molecule has 0 saturated carbocycles. The molecule has 218 valence electrons. The second-order valence-electron chi connectivity index (χ2n) is 10.5. The van der Waals surface area contributed by atoms with Gasteiger partial charge in [-0.1, -0.05) is 25.3 Å². The van der Waals surface area contributed by atoms with Crippen LogP contribution in [0.15, 0.2) is 88.0 Å². The van der Waals surface area contributed by atoms with E-state index in [1.807, 2.05) is 30.1 Å². The van der Waals surface area contributed by atoms with E-state index in [4.69, 9.17) is 0 Å². The van der Waals surface area contributed by atoms with Crippen LogP contribution < -0.4 is 16.0 Å². The summed E-state index contributed by atoms with van der Waals surface area (Å²) < 4.78 is 57.2. The predicted octanol–water partition coefficient (Wildman–Crippen LogP) is 6.42. The Balaban J connectivity index is 1.24. The number of alkyl halides is 3. The Hall–Kier alpha value is -4.03. The van der Waals surface area contributed by atoms with Gasteiger partial charge < -0.3 is 20.4 Å². The lowest BCUT2D eigenvalue weighted by atomic mass is 10.1. The number of likely N-dealkylation sites (N-methyl/N-ethyl adjacent to an activating group) is 1. The van der Waals surface area contributed by atoms with Crippen molar-refractivity contribution in [2.24, 2.45) is 9.98 Å². The Bertz CT molecular complexity index is 1700. The van der Waals surface area contributed by atoms with Crippen LogP contribution in [0.4, 0.5) is 28.9 Å². The van der Waals surface area contributed by atoms with E-state index in [0.29, 0.717) is 47.8 Å². The standard InChI is InChI=1S/C30H29F4N7S/c1-17-11-20-7-6-19(12-26(20)37-17)18(2)35-14-21-15-36-28(38-21)22-13-27-25(39-24-8-10-40(3)16-23(24)31)5-4-9-41(27)29(22)42-30(32,33)34/h4-7,9,12-13,35,37,39H,1-2,8,10-11,14-16H2,3H3. The van der Waals surface area contributed by atoms with Gasteiger partial charge in [0.2, 0.25) is 0 Å². The van der Waals surface area contributed by atoms with Gasteiger partial charge >= 0.3 is 5.51 Å². The van der Waals surface area contributed by atoms with Crippen LogP contribution in [0.5, 0.6) is 0 Å². The fourth-order valence-corrected chi connectivity index (χ4v) is 5.97. The number of aliphatic imine (C=N–C) groups is 2. The van der Waals surface area contributed by atoms with Crippen LogP contribution in [0.3, 0.4) is 0 Å². The topological polar surface area (TPSA) is 68.5 Å². The number of hydrogen-bond donors (Lipinski definition) is 3. The van der Waals surface area contributed by atoms with Gasteiger partial charge in [0.25, 0.3) is 0 Å². The van der Waals surface area contributed by atoms with E-state index in [9.17, 15) is 17.6 Å². The van der Waals surface area contributed by atoms with Crippen molar-refractivity contribution in [2.45, 2.75) is 23.4 Å². The SMILES string of the molecule is C=C1Cc2ccc(C(=C)NCC3=NC(c4cc5c(NC6=C(F)CN(C)CC6)cccn5c4SC(F)(F)F)=NC3)cc2N1. The maximum Gasteiger partial charge on any atom is 0.447 e. The molecule has 0 amide bonds. The van der Waals surface area contributed by atoms with E-state index >= 15 is 0 Å². The minimum Gasteiger partial charge on any atom is -0.380 e. The van der Waals surface area contributed by atoms with E-state index in [0.717, 1.165) is 23.4 Å². The lowest BCUT2D eigenvalue weighted by molar-refractivity contribution is -0.0329. The second-order valence-corrected chi connectivity index (χ2v) is 11.6. The second kappa shape index (κ2) is 11.0. The highest BCUT2D eigenvalue weighted by Gasteiger charge is 2.34. The lowest BCUT2D eigenvalue weighted by Crippen LogP contribution is -2.28. The number of hydrogen-bond acceptors (Lipinski definition) is 7. The average molecular weight is 596 g/mol. The molecule has 2 aromatic heterocycles. The first-order chi connectivity index (χ1) is 20.0. The summed E-state index contributed by atoms with van der Waals surface area (Å²) in [6.45, 7) is 9.55. The number of anilines is 2. The fourth-order valence-electron chi connectivity index (χ4n) is 5.23. The summed E-state index contributed by atoms with van der Waals surface area (Å²) >= 11 is -0.217. The normalized spacial score (nSPS) is 17.3. The summed E-state index contributed by atoms with van der Waals surface area (Å²) in [5.41, 5.74) is 2.56. The predicted molar refractivity (Wildman–Crippen MR) is 162 cm³/mol. The number of halogens is 4. The number of amidine groups is 1. The Morgan fingerprint density at radius 2 is 2.05 bits per heavy atom. The van der Waals surface area contributed by atoms with Crippen LogP contribution in [-0.2, 0) is 6.42 Å². The summed E-state index contributed by atoms with van der Waals surface area (Å²) in [7, 11) is 1.83. The molecule has 12 heteroatoms. The third-order valence-corrected chi connectivity index (χ3v) is 8.18. The maximum absolute atomic E-state index is 14.7. The van der Waals surface area contributed by atoms with Gasteiger partial charge in [0.1, 0.15) is 5.83 Å². The zero-order valence-electron chi connectivity index (χ0n) is 22.9. The van der Waals surface area contributed by atoms with Crippen molar-refractivity contribution < 1.29 is 17.6 Å². The number of benzene rings is 1. The Morgan fingerprint density at radius 3 is 2.83 bits per heavy atom. The molecule has 0 aliphatic carbocycles. The highest BCUT2D eigenvalue weighted by atomic mass is 32.2. The Morgan fingerprint density at radius 1 is 1.21 bits per heavy atom.